The number of fused-ring (bicyclic) bond motifs is 3. The smallest absolute Gasteiger partial charge is 0.404 e. The summed E-state index contributed by atoms with van der Waals surface area (Å²) in [5, 5.41) is 11.5. The minimum absolute atomic E-state index is 0.0240. The highest BCUT2D eigenvalue weighted by Crippen LogP contribution is 2.38. The number of halogens is 2. The maximum absolute atomic E-state index is 14.3. The van der Waals surface area contributed by atoms with Crippen molar-refractivity contribution in [2.75, 3.05) is 27.3 Å². The molecule has 3 aromatic rings. The van der Waals surface area contributed by atoms with Crippen LogP contribution in [-0.4, -0.2) is 48.0 Å². The molecule has 0 aliphatic carbocycles. The van der Waals surface area contributed by atoms with Crippen molar-refractivity contribution in [3.63, 3.8) is 0 Å². The topological polar surface area (TPSA) is 93.0 Å². The number of carbonyl (C=O) groups is 1. The summed E-state index contributed by atoms with van der Waals surface area (Å²) >= 11 is 0. The second kappa shape index (κ2) is 10.0. The highest BCUT2D eigenvalue weighted by Gasteiger charge is 2.32. The Morgan fingerprint density at radius 3 is 2.54 bits per heavy atom. The number of amides is 1. The minimum atomic E-state index is -1.22. The quantitative estimate of drug-likeness (QED) is 0.527. The van der Waals surface area contributed by atoms with Crippen molar-refractivity contribution < 1.29 is 28.2 Å². The van der Waals surface area contributed by atoms with E-state index in [9.17, 15) is 18.4 Å². The Bertz CT molecular complexity index is 1310. The molecule has 35 heavy (non-hydrogen) atoms. The van der Waals surface area contributed by atoms with Gasteiger partial charge in [0.2, 0.25) is 0 Å². The molecule has 0 saturated heterocycles. The van der Waals surface area contributed by atoms with Crippen LogP contribution in [0.25, 0.3) is 10.8 Å². The van der Waals surface area contributed by atoms with Crippen LogP contribution < -0.4 is 15.6 Å². The average Bonchev–Trinajstić information content (AvgIpc) is 2.85. The Labute approximate surface area is 200 Å². The molecule has 10 heteroatoms. The van der Waals surface area contributed by atoms with Crippen molar-refractivity contribution in [1.82, 2.24) is 14.8 Å². The predicted molar refractivity (Wildman–Crippen MR) is 126 cm³/mol. The van der Waals surface area contributed by atoms with Crippen molar-refractivity contribution in [2.24, 2.45) is 0 Å². The summed E-state index contributed by atoms with van der Waals surface area (Å²) in [6.45, 7) is 2.39. The number of likely N-dealkylation sites (N-methyl/N-ethyl adjacent to an activating group) is 1. The molecule has 4 rings (SSSR count). The molecule has 0 saturated carbocycles. The summed E-state index contributed by atoms with van der Waals surface area (Å²) in [6, 6.07) is 9.16. The molecule has 0 bridgehead atoms. The van der Waals surface area contributed by atoms with Crippen molar-refractivity contribution >= 4 is 16.9 Å². The molecule has 186 valence electrons. The van der Waals surface area contributed by atoms with Crippen LogP contribution in [0.4, 0.5) is 13.6 Å². The van der Waals surface area contributed by atoms with Gasteiger partial charge in [-0.15, -0.1) is 0 Å². The molecule has 2 aromatic carbocycles. The zero-order chi connectivity index (χ0) is 25.3. The summed E-state index contributed by atoms with van der Waals surface area (Å²) in [5.41, 5.74) is 1.68. The number of nitrogens with zero attached hydrogens (tertiary/aromatic N) is 2. The normalized spacial score (nSPS) is 16.2. The summed E-state index contributed by atoms with van der Waals surface area (Å²) in [7, 11) is 3.50. The molecule has 1 amide bonds. The van der Waals surface area contributed by atoms with Gasteiger partial charge in [-0.1, -0.05) is 12.1 Å². The van der Waals surface area contributed by atoms with Gasteiger partial charge >= 0.3 is 6.09 Å². The Hall–Kier alpha value is -3.50. The number of aromatic nitrogens is 1. The van der Waals surface area contributed by atoms with Crippen LogP contribution in [-0.2, 0) is 17.9 Å². The van der Waals surface area contributed by atoms with Gasteiger partial charge in [0.1, 0.15) is 5.75 Å². The van der Waals surface area contributed by atoms with E-state index in [0.717, 1.165) is 23.4 Å². The Morgan fingerprint density at radius 2 is 1.91 bits per heavy atom. The first-order valence-corrected chi connectivity index (χ1v) is 11.2. The number of carboxylic acid groups (broad SMARTS) is 1. The fraction of sp³-hybridized carbons (Fsp3) is 0.360. The average molecular weight is 488 g/mol. The van der Waals surface area contributed by atoms with Crippen molar-refractivity contribution in [3.8, 4) is 5.75 Å². The molecule has 1 unspecified atom stereocenters. The SMILES string of the molecule is COc1ccc([C@@H](C)N(C)C2COCc3c2c2cc(F)c(F)cc2c(=O)n3CCNC(=O)O)cc1. The van der Waals surface area contributed by atoms with E-state index in [2.05, 4.69) is 10.2 Å². The van der Waals surface area contributed by atoms with Gasteiger partial charge in [-0.2, -0.15) is 0 Å². The first kappa shape index (κ1) is 24.6. The maximum atomic E-state index is 14.3. The van der Waals surface area contributed by atoms with Gasteiger partial charge < -0.3 is 24.5 Å². The molecule has 2 N–H and O–H groups in total. The summed E-state index contributed by atoms with van der Waals surface area (Å²) in [4.78, 5) is 26.2. The largest absolute Gasteiger partial charge is 0.497 e. The highest BCUT2D eigenvalue weighted by molar-refractivity contribution is 5.86. The van der Waals surface area contributed by atoms with E-state index in [1.807, 2.05) is 38.2 Å². The third kappa shape index (κ3) is 4.71. The summed E-state index contributed by atoms with van der Waals surface area (Å²) < 4.78 is 41.0. The van der Waals surface area contributed by atoms with Crippen LogP contribution in [0.5, 0.6) is 5.75 Å². The lowest BCUT2D eigenvalue weighted by Crippen LogP contribution is -2.39. The second-order valence-corrected chi connectivity index (χ2v) is 8.51. The number of methoxy groups -OCH3 is 1. The third-order valence-corrected chi connectivity index (χ3v) is 6.62. The lowest BCUT2D eigenvalue weighted by molar-refractivity contribution is 0.0248. The molecule has 0 spiro atoms. The van der Waals surface area contributed by atoms with Crippen LogP contribution in [0.2, 0.25) is 0 Å². The first-order valence-electron chi connectivity index (χ1n) is 11.2. The van der Waals surface area contributed by atoms with Gasteiger partial charge in [0.15, 0.2) is 11.6 Å². The maximum Gasteiger partial charge on any atom is 0.404 e. The zero-order valence-electron chi connectivity index (χ0n) is 19.7. The summed E-state index contributed by atoms with van der Waals surface area (Å²) in [6.07, 6.45) is -1.22. The molecule has 1 aliphatic heterocycles. The van der Waals surface area contributed by atoms with E-state index in [-0.39, 0.29) is 43.8 Å². The minimum Gasteiger partial charge on any atom is -0.497 e. The van der Waals surface area contributed by atoms with E-state index < -0.39 is 23.3 Å². The number of ether oxygens (including phenoxy) is 2. The third-order valence-electron chi connectivity index (χ3n) is 6.62. The van der Waals surface area contributed by atoms with Gasteiger partial charge in [-0.3, -0.25) is 9.69 Å². The molecule has 0 radical (unpaired) electrons. The monoisotopic (exact) mass is 487 g/mol. The molecular formula is C25H27F2N3O5. The molecule has 2 atom stereocenters. The van der Waals surface area contributed by atoms with Gasteiger partial charge in [0.25, 0.3) is 5.56 Å². The Morgan fingerprint density at radius 1 is 1.26 bits per heavy atom. The highest BCUT2D eigenvalue weighted by atomic mass is 19.2. The van der Waals surface area contributed by atoms with Crippen molar-refractivity contribution in [2.45, 2.75) is 32.2 Å². The molecule has 1 aliphatic rings. The standard InChI is InChI=1S/C25H27F2N3O5/c1-14(15-4-6-16(34-3)7-5-15)29(2)21-12-35-13-22-23(21)17-10-19(26)20(27)11-18(17)24(31)30(22)9-8-28-25(32)33/h4-7,10-11,14,21,28H,8-9,12-13H2,1-3H3,(H,32,33)/t14-,21?/m1/s1. The van der Waals surface area contributed by atoms with Gasteiger partial charge in [0, 0.05) is 24.7 Å². The molecule has 0 fully saturated rings. The molecule has 1 aromatic heterocycles. The molecule has 2 heterocycles. The van der Waals surface area contributed by atoms with Crippen LogP contribution in [0.15, 0.2) is 41.2 Å². The lowest BCUT2D eigenvalue weighted by atomic mass is 9.93. The predicted octanol–water partition coefficient (Wildman–Crippen LogP) is 3.82. The Balaban J connectivity index is 1.84. The first-order chi connectivity index (χ1) is 16.7. The zero-order valence-corrected chi connectivity index (χ0v) is 19.7. The number of nitrogens with one attached hydrogen (secondary N) is 1. The number of benzene rings is 2. The fourth-order valence-corrected chi connectivity index (χ4v) is 4.61. The van der Waals surface area contributed by atoms with Crippen molar-refractivity contribution in [3.05, 3.63) is 75.2 Å². The lowest BCUT2D eigenvalue weighted by Gasteiger charge is -2.38. The van der Waals surface area contributed by atoms with Crippen LogP contribution in [0.1, 0.15) is 35.8 Å². The van der Waals surface area contributed by atoms with Crippen molar-refractivity contribution in [1.29, 1.82) is 0 Å². The number of pyridine rings is 1. The van der Waals surface area contributed by atoms with Gasteiger partial charge in [-0.25, -0.2) is 13.6 Å². The van der Waals surface area contributed by atoms with E-state index >= 15 is 0 Å². The fourth-order valence-electron chi connectivity index (χ4n) is 4.61. The number of rotatable bonds is 7. The molecule has 8 nitrogen and oxygen atoms in total. The van der Waals surface area contributed by atoms with E-state index in [0.29, 0.717) is 16.6 Å². The molecular weight excluding hydrogens is 460 g/mol. The van der Waals surface area contributed by atoms with Gasteiger partial charge in [-0.05, 0) is 49.2 Å². The van der Waals surface area contributed by atoms with E-state index in [4.69, 9.17) is 14.6 Å². The Kier molecular flexibility index (Phi) is 7.04. The summed E-state index contributed by atoms with van der Waals surface area (Å²) in [5.74, 6) is -1.42. The second-order valence-electron chi connectivity index (χ2n) is 8.51. The van der Waals surface area contributed by atoms with E-state index in [1.54, 1.807) is 7.11 Å². The van der Waals surface area contributed by atoms with Crippen LogP contribution in [0, 0.1) is 11.6 Å². The van der Waals surface area contributed by atoms with Gasteiger partial charge in [0.05, 0.1) is 37.4 Å². The number of hydrogen-bond donors (Lipinski definition) is 2. The van der Waals surface area contributed by atoms with Crippen LogP contribution >= 0.6 is 0 Å². The number of hydrogen-bond acceptors (Lipinski definition) is 5. The van der Waals surface area contributed by atoms with E-state index in [1.165, 1.54) is 4.57 Å². The van der Waals surface area contributed by atoms with Crippen LogP contribution in [0.3, 0.4) is 0 Å².